The summed E-state index contributed by atoms with van der Waals surface area (Å²) in [7, 11) is 0. The minimum atomic E-state index is -0.646. The quantitative estimate of drug-likeness (QED) is 0.164. The molecule has 0 bridgehead atoms. The Morgan fingerprint density at radius 3 is 1.08 bits per heavy atom. The lowest BCUT2D eigenvalue weighted by Crippen LogP contribution is -1.97. The summed E-state index contributed by atoms with van der Waals surface area (Å²) in [6.45, 7) is 0. The van der Waals surface area contributed by atoms with Crippen LogP contribution in [0.1, 0.15) is 41.4 Å². The molecular weight excluding hydrogens is 492 g/mol. The number of non-ortho nitro benzene ring substituents is 2. The van der Waals surface area contributed by atoms with Gasteiger partial charge in [0.05, 0.1) is 9.85 Å². The van der Waals surface area contributed by atoms with Gasteiger partial charge in [-0.2, -0.15) is 0 Å². The Morgan fingerprint density at radius 2 is 0.763 bits per heavy atom. The minimum absolute atomic E-state index is 0.0196. The molecule has 38 heavy (non-hydrogen) atoms. The predicted molar refractivity (Wildman–Crippen MR) is 139 cm³/mol. The van der Waals surface area contributed by atoms with Crippen LogP contribution < -0.4 is 0 Å². The van der Waals surface area contributed by atoms with Crippen LogP contribution in [0.15, 0.2) is 84.9 Å². The highest BCUT2D eigenvalue weighted by atomic mass is 16.6. The summed E-state index contributed by atoms with van der Waals surface area (Å²) in [5, 5.41) is 21.4. The summed E-state index contributed by atoms with van der Waals surface area (Å²) < 4.78 is 0. The molecular formula is C28H18N2O8. The van der Waals surface area contributed by atoms with E-state index in [-0.39, 0.29) is 33.6 Å². The third-order valence-corrected chi connectivity index (χ3v) is 5.50. The lowest BCUT2D eigenvalue weighted by molar-refractivity contribution is -0.385. The first-order chi connectivity index (χ1) is 18.3. The Bertz CT molecular complexity index is 1450. The first-order valence-corrected chi connectivity index (χ1v) is 10.9. The molecule has 0 amide bonds. The minimum Gasteiger partial charge on any atom is -0.298 e. The number of hydrogen-bond acceptors (Lipinski definition) is 8. The van der Waals surface area contributed by atoms with E-state index >= 15 is 0 Å². The van der Waals surface area contributed by atoms with Gasteiger partial charge < -0.3 is 0 Å². The number of carbonyl (C=O) groups is 4. The summed E-state index contributed by atoms with van der Waals surface area (Å²) in [5.74, 6) is 0. The van der Waals surface area contributed by atoms with Gasteiger partial charge in [-0.05, 0) is 34.4 Å². The molecule has 0 atom stereocenters. The van der Waals surface area contributed by atoms with Gasteiger partial charge in [-0.15, -0.1) is 0 Å². The lowest BCUT2D eigenvalue weighted by atomic mass is 9.95. The van der Waals surface area contributed by atoms with Crippen molar-refractivity contribution >= 4 is 36.5 Å². The van der Waals surface area contributed by atoms with Crippen LogP contribution in [0.3, 0.4) is 0 Å². The summed E-state index contributed by atoms with van der Waals surface area (Å²) >= 11 is 0. The van der Waals surface area contributed by atoms with E-state index in [1.165, 1.54) is 24.3 Å². The highest BCUT2D eigenvalue weighted by molar-refractivity contribution is 5.96. The van der Waals surface area contributed by atoms with E-state index in [1.54, 1.807) is 24.3 Å². The summed E-state index contributed by atoms with van der Waals surface area (Å²) in [5.41, 5.74) is 2.86. The average Bonchev–Trinajstić information content (AvgIpc) is 2.96. The number of nitro groups is 2. The molecule has 0 fully saturated rings. The van der Waals surface area contributed by atoms with Crippen molar-refractivity contribution in [3.8, 4) is 22.3 Å². The van der Waals surface area contributed by atoms with Gasteiger partial charge in [0.25, 0.3) is 11.4 Å². The van der Waals surface area contributed by atoms with Gasteiger partial charge in [0.2, 0.25) is 0 Å². The molecule has 10 nitrogen and oxygen atoms in total. The molecule has 0 saturated heterocycles. The van der Waals surface area contributed by atoms with Crippen LogP contribution in [0, 0.1) is 20.2 Å². The first-order valence-electron chi connectivity index (χ1n) is 10.9. The van der Waals surface area contributed by atoms with Crippen molar-refractivity contribution in [3.63, 3.8) is 0 Å². The molecule has 0 spiro atoms. The van der Waals surface area contributed by atoms with Crippen molar-refractivity contribution in [2.24, 2.45) is 0 Å². The molecule has 0 aliphatic carbocycles. The molecule has 4 aromatic carbocycles. The third-order valence-electron chi connectivity index (χ3n) is 5.50. The topological polar surface area (TPSA) is 155 Å². The Kier molecular flexibility index (Phi) is 8.77. The maximum absolute atomic E-state index is 11.1. The zero-order chi connectivity index (χ0) is 27.7. The van der Waals surface area contributed by atoms with Gasteiger partial charge >= 0.3 is 0 Å². The van der Waals surface area contributed by atoms with Crippen molar-refractivity contribution in [1.82, 2.24) is 0 Å². The van der Waals surface area contributed by atoms with Gasteiger partial charge in [0.15, 0.2) is 25.1 Å². The van der Waals surface area contributed by atoms with E-state index in [0.29, 0.717) is 23.7 Å². The lowest BCUT2D eigenvalue weighted by Gasteiger charge is -2.07. The molecule has 4 aromatic rings. The van der Waals surface area contributed by atoms with Crippen LogP contribution in [0.25, 0.3) is 22.3 Å². The monoisotopic (exact) mass is 510 g/mol. The van der Waals surface area contributed by atoms with E-state index in [1.807, 2.05) is 24.3 Å². The number of nitro benzene ring substituents is 2. The molecule has 4 rings (SSSR count). The van der Waals surface area contributed by atoms with Crippen LogP contribution in [0.5, 0.6) is 0 Å². The molecule has 0 aromatic heterocycles. The molecule has 188 valence electrons. The van der Waals surface area contributed by atoms with Gasteiger partial charge in [-0.3, -0.25) is 39.4 Å². The maximum Gasteiger partial charge on any atom is 0.270 e. The van der Waals surface area contributed by atoms with Crippen molar-refractivity contribution in [2.45, 2.75) is 0 Å². The SMILES string of the molecule is O=Cc1cc([N+](=O)[O-])ccc1-c1ccc([N+](=O)[O-])cc1C=O.O=Cc1ccccc1-c1ccccc1C=O. The zero-order valence-corrected chi connectivity index (χ0v) is 19.6. The van der Waals surface area contributed by atoms with Crippen molar-refractivity contribution in [1.29, 1.82) is 0 Å². The molecule has 0 unspecified atom stereocenters. The average molecular weight is 510 g/mol. The van der Waals surface area contributed by atoms with E-state index in [9.17, 15) is 39.4 Å². The number of rotatable bonds is 8. The zero-order valence-electron chi connectivity index (χ0n) is 19.6. The van der Waals surface area contributed by atoms with Gasteiger partial charge in [0, 0.05) is 46.5 Å². The van der Waals surface area contributed by atoms with E-state index in [4.69, 9.17) is 0 Å². The fourth-order valence-electron chi connectivity index (χ4n) is 3.70. The number of carbonyl (C=O) groups excluding carboxylic acids is 4. The van der Waals surface area contributed by atoms with E-state index in [0.717, 1.165) is 35.8 Å². The molecule has 0 saturated carbocycles. The summed E-state index contributed by atoms with van der Waals surface area (Å²) in [6, 6.07) is 21.7. The second-order valence-corrected chi connectivity index (χ2v) is 7.70. The summed E-state index contributed by atoms with van der Waals surface area (Å²) in [6.07, 6.45) is 2.46. The fourth-order valence-corrected chi connectivity index (χ4v) is 3.70. The van der Waals surface area contributed by atoms with Gasteiger partial charge in [0.1, 0.15) is 0 Å². The Balaban J connectivity index is 0.000000221. The Labute approximate surface area is 215 Å². The van der Waals surface area contributed by atoms with Crippen LogP contribution in [0.2, 0.25) is 0 Å². The number of benzene rings is 4. The van der Waals surface area contributed by atoms with Crippen molar-refractivity contribution < 1.29 is 29.0 Å². The maximum atomic E-state index is 11.1. The van der Waals surface area contributed by atoms with Crippen molar-refractivity contribution in [2.75, 3.05) is 0 Å². The fraction of sp³-hybridized carbons (Fsp3) is 0. The van der Waals surface area contributed by atoms with E-state index < -0.39 is 9.85 Å². The third kappa shape index (κ3) is 5.94. The molecule has 0 radical (unpaired) electrons. The van der Waals surface area contributed by atoms with Gasteiger partial charge in [-0.25, -0.2) is 0 Å². The number of nitrogens with zero attached hydrogens (tertiary/aromatic N) is 2. The highest BCUT2D eigenvalue weighted by Gasteiger charge is 2.16. The largest absolute Gasteiger partial charge is 0.298 e. The number of hydrogen-bond donors (Lipinski definition) is 0. The summed E-state index contributed by atoms with van der Waals surface area (Å²) in [4.78, 5) is 64.2. The highest BCUT2D eigenvalue weighted by Crippen LogP contribution is 2.31. The van der Waals surface area contributed by atoms with E-state index in [2.05, 4.69) is 0 Å². The van der Waals surface area contributed by atoms with Crippen LogP contribution in [-0.2, 0) is 0 Å². The standard InChI is InChI=1S/C14H8N2O6.C14H10O2/c17-7-9-5-11(15(19)20)1-3-13(9)14-4-2-12(16(21)22)6-10(14)8-18;15-9-11-5-1-3-7-13(11)14-8-4-2-6-12(14)10-16/h1-8H;1-10H. The number of aldehydes is 4. The Morgan fingerprint density at radius 1 is 0.447 bits per heavy atom. The molecule has 0 aliphatic rings. The molecule has 10 heteroatoms. The normalized spacial score (nSPS) is 9.89. The Hall–Kier alpha value is -5.64. The second-order valence-electron chi connectivity index (χ2n) is 7.70. The van der Waals surface area contributed by atoms with Crippen molar-refractivity contribution in [3.05, 3.63) is 127 Å². The molecule has 0 N–H and O–H groups in total. The first kappa shape index (κ1) is 27.0. The van der Waals surface area contributed by atoms with Gasteiger partial charge in [-0.1, -0.05) is 48.5 Å². The van der Waals surface area contributed by atoms with Crippen LogP contribution in [0.4, 0.5) is 11.4 Å². The smallest absolute Gasteiger partial charge is 0.270 e. The second kappa shape index (κ2) is 12.4. The molecule has 0 heterocycles. The van der Waals surface area contributed by atoms with Crippen LogP contribution >= 0.6 is 0 Å². The predicted octanol–water partition coefficient (Wildman–Crippen LogP) is 5.77. The molecule has 0 aliphatic heterocycles. The van der Waals surface area contributed by atoms with Crippen LogP contribution in [-0.4, -0.2) is 35.0 Å².